The number of nitrogens with zero attached hydrogens (tertiary/aromatic N) is 1. The van der Waals surface area contributed by atoms with E-state index in [4.69, 9.17) is 9.47 Å². The van der Waals surface area contributed by atoms with Gasteiger partial charge >= 0.3 is 0 Å². The molecule has 126 valence electrons. The summed E-state index contributed by atoms with van der Waals surface area (Å²) >= 11 is 0. The Morgan fingerprint density at radius 3 is 2.70 bits per heavy atom. The summed E-state index contributed by atoms with van der Waals surface area (Å²) in [6.07, 6.45) is 2.37. The maximum atomic E-state index is 12.3. The quantitative estimate of drug-likeness (QED) is 0.926. The molecule has 1 fully saturated rings. The van der Waals surface area contributed by atoms with Crippen molar-refractivity contribution in [2.45, 2.75) is 32.7 Å². The summed E-state index contributed by atoms with van der Waals surface area (Å²) in [5.74, 6) is 2.41. The second kappa shape index (κ2) is 7.21. The fourth-order valence-corrected chi connectivity index (χ4v) is 3.12. The lowest BCUT2D eigenvalue weighted by atomic mass is 9.99. The Morgan fingerprint density at radius 1 is 1.26 bits per heavy atom. The zero-order valence-electron chi connectivity index (χ0n) is 14.0. The van der Waals surface area contributed by atoms with Gasteiger partial charge in [0, 0.05) is 0 Å². The molecule has 2 aliphatic rings. The lowest BCUT2D eigenvalue weighted by Gasteiger charge is -2.30. The third kappa shape index (κ3) is 4.16. The Labute approximate surface area is 137 Å². The molecule has 1 saturated heterocycles. The van der Waals surface area contributed by atoms with E-state index in [2.05, 4.69) is 17.1 Å². The Kier molecular flexibility index (Phi) is 5.06. The molecule has 3 rings (SSSR count). The predicted molar refractivity (Wildman–Crippen MR) is 88.8 cm³/mol. The topological polar surface area (TPSA) is 50.8 Å². The van der Waals surface area contributed by atoms with Crippen LogP contribution in [0.2, 0.25) is 0 Å². The van der Waals surface area contributed by atoms with E-state index in [0.717, 1.165) is 36.1 Å². The number of benzene rings is 1. The molecule has 2 heterocycles. The highest BCUT2D eigenvalue weighted by Crippen LogP contribution is 2.32. The van der Waals surface area contributed by atoms with E-state index in [9.17, 15) is 4.79 Å². The molecule has 0 bridgehead atoms. The summed E-state index contributed by atoms with van der Waals surface area (Å²) in [7, 11) is 0. The first-order chi connectivity index (χ1) is 11.1. The number of rotatable bonds is 4. The molecule has 23 heavy (non-hydrogen) atoms. The Balaban J connectivity index is 1.54. The molecule has 5 nitrogen and oxygen atoms in total. The van der Waals surface area contributed by atoms with Crippen LogP contribution in [0.1, 0.15) is 38.3 Å². The molecule has 1 aromatic rings. The highest BCUT2D eigenvalue weighted by molar-refractivity contribution is 5.78. The summed E-state index contributed by atoms with van der Waals surface area (Å²) in [5.41, 5.74) is 1.04. The molecular weight excluding hydrogens is 292 g/mol. The average molecular weight is 318 g/mol. The van der Waals surface area contributed by atoms with Crippen molar-refractivity contribution in [3.8, 4) is 11.5 Å². The predicted octanol–water partition coefficient (Wildman–Crippen LogP) is 2.37. The minimum absolute atomic E-state index is 0.0398. The van der Waals surface area contributed by atoms with E-state index in [-0.39, 0.29) is 11.9 Å². The molecule has 0 radical (unpaired) electrons. The van der Waals surface area contributed by atoms with Crippen LogP contribution in [0.25, 0.3) is 0 Å². The van der Waals surface area contributed by atoms with Gasteiger partial charge in [-0.1, -0.05) is 13.0 Å². The number of carbonyl (C=O) groups is 1. The number of likely N-dealkylation sites (tertiary alicyclic amines) is 1. The van der Waals surface area contributed by atoms with Crippen molar-refractivity contribution in [2.75, 3.05) is 32.8 Å². The highest BCUT2D eigenvalue weighted by atomic mass is 16.6. The van der Waals surface area contributed by atoms with Crippen LogP contribution in [-0.4, -0.2) is 43.7 Å². The van der Waals surface area contributed by atoms with Crippen molar-refractivity contribution in [3.63, 3.8) is 0 Å². The van der Waals surface area contributed by atoms with E-state index < -0.39 is 0 Å². The molecule has 0 aliphatic carbocycles. The van der Waals surface area contributed by atoms with E-state index in [0.29, 0.717) is 19.8 Å². The van der Waals surface area contributed by atoms with Crippen LogP contribution in [-0.2, 0) is 4.79 Å². The van der Waals surface area contributed by atoms with Gasteiger partial charge in [0.2, 0.25) is 5.91 Å². The van der Waals surface area contributed by atoms with Gasteiger partial charge in [-0.05, 0) is 56.5 Å². The highest BCUT2D eigenvalue weighted by Gasteiger charge is 2.20. The minimum Gasteiger partial charge on any atom is -0.486 e. The average Bonchev–Trinajstić information content (AvgIpc) is 2.56. The van der Waals surface area contributed by atoms with Gasteiger partial charge in [-0.3, -0.25) is 9.69 Å². The van der Waals surface area contributed by atoms with Gasteiger partial charge < -0.3 is 14.8 Å². The van der Waals surface area contributed by atoms with Gasteiger partial charge in [-0.25, -0.2) is 0 Å². The van der Waals surface area contributed by atoms with Gasteiger partial charge in [0.1, 0.15) is 13.2 Å². The van der Waals surface area contributed by atoms with Gasteiger partial charge in [0.25, 0.3) is 0 Å². The van der Waals surface area contributed by atoms with Crippen LogP contribution in [0.4, 0.5) is 0 Å². The van der Waals surface area contributed by atoms with E-state index in [1.807, 2.05) is 25.1 Å². The molecule has 1 atom stereocenters. The number of nitrogens with one attached hydrogen (secondary N) is 1. The summed E-state index contributed by atoms with van der Waals surface area (Å²) in [6, 6.07) is 5.82. The zero-order chi connectivity index (χ0) is 16.2. The standard InChI is InChI=1S/C18H26N2O3/c1-13-5-7-20(8-6-13)12-18(21)19-14(2)15-3-4-16-17(11-15)23-10-9-22-16/h3-4,11,13-14H,5-10,12H2,1-2H3,(H,19,21). The van der Waals surface area contributed by atoms with Crippen LogP contribution in [0.15, 0.2) is 18.2 Å². The van der Waals surface area contributed by atoms with Crippen molar-refractivity contribution in [3.05, 3.63) is 23.8 Å². The summed E-state index contributed by atoms with van der Waals surface area (Å²) < 4.78 is 11.1. The molecule has 0 spiro atoms. The molecule has 0 aromatic heterocycles. The Hall–Kier alpha value is -1.75. The molecule has 1 unspecified atom stereocenters. The van der Waals surface area contributed by atoms with Crippen LogP contribution in [0, 0.1) is 5.92 Å². The second-order valence-corrected chi connectivity index (χ2v) is 6.65. The van der Waals surface area contributed by atoms with E-state index in [1.54, 1.807) is 0 Å². The van der Waals surface area contributed by atoms with Gasteiger partial charge in [0.05, 0.1) is 12.6 Å². The summed E-state index contributed by atoms with van der Waals surface area (Å²) in [6.45, 7) is 7.97. The fourth-order valence-electron chi connectivity index (χ4n) is 3.12. The summed E-state index contributed by atoms with van der Waals surface area (Å²) in [4.78, 5) is 14.5. The maximum Gasteiger partial charge on any atom is 0.234 e. The van der Waals surface area contributed by atoms with Crippen LogP contribution >= 0.6 is 0 Å². The fraction of sp³-hybridized carbons (Fsp3) is 0.611. The summed E-state index contributed by atoms with van der Waals surface area (Å²) in [5, 5.41) is 3.08. The molecule has 1 N–H and O–H groups in total. The number of hydrogen-bond donors (Lipinski definition) is 1. The van der Waals surface area contributed by atoms with E-state index in [1.165, 1.54) is 12.8 Å². The Bertz CT molecular complexity index is 553. The van der Waals surface area contributed by atoms with Gasteiger partial charge in [0.15, 0.2) is 11.5 Å². The monoisotopic (exact) mass is 318 g/mol. The minimum atomic E-state index is -0.0398. The van der Waals surface area contributed by atoms with Gasteiger partial charge in [-0.15, -0.1) is 0 Å². The van der Waals surface area contributed by atoms with Crippen molar-refractivity contribution in [1.29, 1.82) is 0 Å². The SMILES string of the molecule is CC1CCN(CC(=O)NC(C)c2ccc3c(c2)OCCO3)CC1. The number of piperidine rings is 1. The third-order valence-electron chi connectivity index (χ3n) is 4.69. The smallest absolute Gasteiger partial charge is 0.234 e. The molecule has 0 saturated carbocycles. The molecule has 1 amide bonds. The number of ether oxygens (including phenoxy) is 2. The maximum absolute atomic E-state index is 12.3. The zero-order valence-corrected chi connectivity index (χ0v) is 14.0. The normalized spacial score (nSPS) is 20.1. The Morgan fingerprint density at radius 2 is 1.96 bits per heavy atom. The largest absolute Gasteiger partial charge is 0.486 e. The third-order valence-corrected chi connectivity index (χ3v) is 4.69. The van der Waals surface area contributed by atoms with Crippen LogP contribution in [0.5, 0.6) is 11.5 Å². The van der Waals surface area contributed by atoms with Gasteiger partial charge in [-0.2, -0.15) is 0 Å². The molecule has 1 aromatic carbocycles. The molecule has 5 heteroatoms. The molecule has 2 aliphatic heterocycles. The first-order valence-corrected chi connectivity index (χ1v) is 8.53. The van der Waals surface area contributed by atoms with E-state index >= 15 is 0 Å². The van der Waals surface area contributed by atoms with Crippen molar-refractivity contribution < 1.29 is 14.3 Å². The first kappa shape index (κ1) is 16.1. The first-order valence-electron chi connectivity index (χ1n) is 8.53. The van der Waals surface area contributed by atoms with Crippen LogP contribution < -0.4 is 14.8 Å². The number of amides is 1. The number of fused-ring (bicyclic) bond motifs is 1. The van der Waals surface area contributed by atoms with Crippen molar-refractivity contribution in [2.24, 2.45) is 5.92 Å². The lowest BCUT2D eigenvalue weighted by Crippen LogP contribution is -2.41. The van der Waals surface area contributed by atoms with Crippen molar-refractivity contribution in [1.82, 2.24) is 10.2 Å². The molecular formula is C18H26N2O3. The second-order valence-electron chi connectivity index (χ2n) is 6.65. The lowest BCUT2D eigenvalue weighted by molar-refractivity contribution is -0.123. The van der Waals surface area contributed by atoms with Crippen LogP contribution in [0.3, 0.4) is 0 Å². The number of carbonyl (C=O) groups excluding carboxylic acids is 1. The van der Waals surface area contributed by atoms with Crippen molar-refractivity contribution >= 4 is 5.91 Å². The number of hydrogen-bond acceptors (Lipinski definition) is 4.